The first-order valence-corrected chi connectivity index (χ1v) is 8.56. The van der Waals surface area contributed by atoms with Gasteiger partial charge in [0.2, 0.25) is 0 Å². The van der Waals surface area contributed by atoms with Crippen LogP contribution < -0.4 is 0 Å². The summed E-state index contributed by atoms with van der Waals surface area (Å²) in [7, 11) is -1.51. The summed E-state index contributed by atoms with van der Waals surface area (Å²) in [6, 6.07) is 0. The Kier molecular flexibility index (Phi) is 6.54. The largest absolute Gasteiger partial charge is 0.145 e. The Morgan fingerprint density at radius 3 is 1.62 bits per heavy atom. The van der Waals surface area contributed by atoms with Crippen molar-refractivity contribution in [3.63, 3.8) is 0 Å². The first-order valence-electron chi connectivity index (χ1n) is 6.33. The second kappa shape index (κ2) is 6.82. The van der Waals surface area contributed by atoms with Gasteiger partial charge < -0.3 is 0 Å². The fourth-order valence-corrected chi connectivity index (χ4v) is 8.08. The van der Waals surface area contributed by atoms with Crippen molar-refractivity contribution in [2.24, 2.45) is 0 Å². The summed E-state index contributed by atoms with van der Waals surface area (Å²) < 4.78 is 0. The molecule has 0 bridgehead atoms. The summed E-state index contributed by atoms with van der Waals surface area (Å²) >= 11 is 0. The number of rotatable bonds is 4. The molecule has 0 aromatic rings. The van der Waals surface area contributed by atoms with E-state index in [1.165, 1.54) is 0 Å². The smallest absolute Gasteiger partial charge is 0.130 e. The molecule has 0 N–H and O–H groups in total. The Balaban J connectivity index is 5.04. The van der Waals surface area contributed by atoms with Crippen molar-refractivity contribution in [3.8, 4) is 23.8 Å². The van der Waals surface area contributed by atoms with Gasteiger partial charge in [-0.1, -0.05) is 41.5 Å². The lowest BCUT2D eigenvalue weighted by Gasteiger charge is -2.38. The Hall–Kier alpha value is -0.663. The summed E-state index contributed by atoms with van der Waals surface area (Å²) in [5, 5.41) is 0. The van der Waals surface area contributed by atoms with E-state index >= 15 is 0 Å². The van der Waals surface area contributed by atoms with Crippen LogP contribution in [0.3, 0.4) is 0 Å². The van der Waals surface area contributed by atoms with Crippen LogP contribution in [0, 0.1) is 23.8 Å². The molecule has 0 heterocycles. The van der Waals surface area contributed by atoms with Gasteiger partial charge in [-0.3, -0.25) is 0 Å². The lowest BCUT2D eigenvalue weighted by Crippen LogP contribution is -2.43. The summed E-state index contributed by atoms with van der Waals surface area (Å²) in [5.41, 5.74) is 5.80. The highest BCUT2D eigenvalue weighted by atomic mass is 28.3. The third-order valence-corrected chi connectivity index (χ3v) is 9.91. The fraction of sp³-hybridized carbons (Fsp3) is 0.733. The van der Waals surface area contributed by atoms with Crippen LogP contribution in [-0.4, -0.2) is 8.07 Å². The molecule has 0 radical (unpaired) electrons. The van der Waals surface area contributed by atoms with E-state index in [9.17, 15) is 0 Å². The zero-order chi connectivity index (χ0) is 12.8. The van der Waals surface area contributed by atoms with Crippen molar-refractivity contribution in [2.45, 2.75) is 71.0 Å². The maximum atomic E-state index is 5.25. The standard InChI is InChI=1S/C15H26Si/c1-8-9-10-11-12-16(13(2)3,14(4)5)15(6)7/h1,13-15H,9-10H2,2-7H3. The van der Waals surface area contributed by atoms with Crippen molar-refractivity contribution in [2.75, 3.05) is 0 Å². The highest BCUT2D eigenvalue weighted by Gasteiger charge is 2.41. The molecule has 0 rings (SSSR count). The molecule has 0 atom stereocenters. The third kappa shape index (κ3) is 3.43. The molecular weight excluding hydrogens is 208 g/mol. The molecule has 0 nitrogen and oxygen atoms in total. The van der Waals surface area contributed by atoms with Crippen LogP contribution >= 0.6 is 0 Å². The van der Waals surface area contributed by atoms with Gasteiger partial charge in [-0.15, -0.1) is 23.8 Å². The molecule has 0 aromatic carbocycles. The highest BCUT2D eigenvalue weighted by Crippen LogP contribution is 2.40. The normalized spacial score (nSPS) is 11.5. The minimum atomic E-state index is -1.51. The van der Waals surface area contributed by atoms with E-state index in [0.717, 1.165) is 12.8 Å². The molecule has 1 heteroatoms. The lowest BCUT2D eigenvalue weighted by molar-refractivity contribution is 0.838. The quantitative estimate of drug-likeness (QED) is 0.378. The minimum absolute atomic E-state index is 0.714. The second-order valence-corrected chi connectivity index (χ2v) is 11.0. The Labute approximate surface area is 103 Å². The maximum Gasteiger partial charge on any atom is 0.145 e. The number of terminal acetylenes is 1. The van der Waals surface area contributed by atoms with E-state index in [-0.39, 0.29) is 0 Å². The average Bonchev–Trinajstić information content (AvgIpc) is 2.16. The van der Waals surface area contributed by atoms with Crippen LogP contribution in [0.25, 0.3) is 0 Å². The van der Waals surface area contributed by atoms with Crippen LogP contribution in [-0.2, 0) is 0 Å². The molecule has 0 aromatic heterocycles. The maximum absolute atomic E-state index is 5.25. The van der Waals surface area contributed by atoms with Crippen molar-refractivity contribution in [3.05, 3.63) is 0 Å². The van der Waals surface area contributed by atoms with E-state index < -0.39 is 8.07 Å². The van der Waals surface area contributed by atoms with Gasteiger partial charge in [0.25, 0.3) is 0 Å². The van der Waals surface area contributed by atoms with Gasteiger partial charge >= 0.3 is 0 Å². The van der Waals surface area contributed by atoms with Gasteiger partial charge in [0.1, 0.15) is 8.07 Å². The monoisotopic (exact) mass is 234 g/mol. The molecule has 0 aliphatic rings. The number of hydrogen-bond donors (Lipinski definition) is 0. The first kappa shape index (κ1) is 15.3. The van der Waals surface area contributed by atoms with E-state index in [4.69, 9.17) is 6.42 Å². The van der Waals surface area contributed by atoms with Crippen LogP contribution in [0.4, 0.5) is 0 Å². The third-order valence-electron chi connectivity index (χ3n) is 3.57. The van der Waals surface area contributed by atoms with E-state index in [2.05, 4.69) is 58.9 Å². The topological polar surface area (TPSA) is 0 Å². The molecule has 0 saturated heterocycles. The SMILES string of the molecule is C#CCCC#C[Si](C(C)C)(C(C)C)C(C)C. The van der Waals surface area contributed by atoms with E-state index in [1.807, 2.05) is 0 Å². The van der Waals surface area contributed by atoms with Crippen molar-refractivity contribution >= 4 is 8.07 Å². The van der Waals surface area contributed by atoms with Gasteiger partial charge in [-0.2, -0.15) is 0 Å². The molecule has 0 fully saturated rings. The number of hydrogen-bond acceptors (Lipinski definition) is 0. The molecule has 0 amide bonds. The lowest BCUT2D eigenvalue weighted by atomic mass is 10.3. The Bertz CT molecular complexity index is 272. The Morgan fingerprint density at radius 2 is 1.31 bits per heavy atom. The van der Waals surface area contributed by atoms with Crippen molar-refractivity contribution in [1.82, 2.24) is 0 Å². The van der Waals surface area contributed by atoms with Gasteiger partial charge in [0, 0.05) is 12.8 Å². The first-order chi connectivity index (χ1) is 7.39. The van der Waals surface area contributed by atoms with Crippen LogP contribution in [0.2, 0.25) is 16.6 Å². The summed E-state index contributed by atoms with van der Waals surface area (Å²) in [4.78, 5) is 0. The predicted molar refractivity (Wildman–Crippen MR) is 76.9 cm³/mol. The van der Waals surface area contributed by atoms with Crippen LogP contribution in [0.1, 0.15) is 54.4 Å². The zero-order valence-electron chi connectivity index (χ0n) is 11.7. The zero-order valence-corrected chi connectivity index (χ0v) is 12.7. The summed E-state index contributed by atoms with van der Waals surface area (Å²) in [6.45, 7) is 14.0. The predicted octanol–water partition coefficient (Wildman–Crippen LogP) is 4.62. The molecular formula is C15H26Si. The molecule has 16 heavy (non-hydrogen) atoms. The van der Waals surface area contributed by atoms with Crippen molar-refractivity contribution < 1.29 is 0 Å². The molecule has 0 saturated carbocycles. The van der Waals surface area contributed by atoms with E-state index in [0.29, 0.717) is 16.6 Å². The molecule has 0 aliphatic heterocycles. The minimum Gasteiger partial charge on any atom is -0.130 e. The van der Waals surface area contributed by atoms with Gasteiger partial charge in [0.05, 0.1) is 0 Å². The van der Waals surface area contributed by atoms with E-state index in [1.54, 1.807) is 0 Å². The van der Waals surface area contributed by atoms with Gasteiger partial charge in [0.15, 0.2) is 0 Å². The van der Waals surface area contributed by atoms with Crippen LogP contribution in [0.15, 0.2) is 0 Å². The van der Waals surface area contributed by atoms with Crippen LogP contribution in [0.5, 0.6) is 0 Å². The van der Waals surface area contributed by atoms with Gasteiger partial charge in [-0.05, 0) is 16.6 Å². The molecule has 90 valence electrons. The molecule has 0 spiro atoms. The Morgan fingerprint density at radius 1 is 0.875 bits per heavy atom. The molecule has 0 unspecified atom stereocenters. The fourth-order valence-electron chi connectivity index (χ4n) is 2.78. The molecule has 0 aliphatic carbocycles. The average molecular weight is 234 g/mol. The van der Waals surface area contributed by atoms with Gasteiger partial charge in [-0.25, -0.2) is 0 Å². The summed E-state index contributed by atoms with van der Waals surface area (Å²) in [5.74, 6) is 6.00. The number of unbranched alkanes of at least 4 members (excludes halogenated alkanes) is 1. The second-order valence-electron chi connectivity index (χ2n) is 5.40. The summed E-state index contributed by atoms with van der Waals surface area (Å²) in [6.07, 6.45) is 6.89. The highest BCUT2D eigenvalue weighted by molar-refractivity contribution is 6.90. The van der Waals surface area contributed by atoms with Crippen molar-refractivity contribution in [1.29, 1.82) is 0 Å².